The van der Waals surface area contributed by atoms with E-state index in [1.807, 2.05) is 54.6 Å². The smallest absolute Gasteiger partial charge is 0.326 e. The molecule has 0 saturated heterocycles. The summed E-state index contributed by atoms with van der Waals surface area (Å²) in [5, 5.41) is 20.9. The van der Waals surface area contributed by atoms with Gasteiger partial charge in [-0.25, -0.2) is 4.79 Å². The Hall–Kier alpha value is -4.18. The van der Waals surface area contributed by atoms with E-state index in [-0.39, 0.29) is 12.3 Å². The second kappa shape index (κ2) is 18.2. The molecule has 0 aliphatic carbocycles. The fraction of sp³-hybridized carbons (Fsp3) is 0.312. The number of nitrogens with two attached hydrogens (primary N) is 1. The van der Waals surface area contributed by atoms with Gasteiger partial charge in [-0.3, -0.25) is 14.8 Å². The number of pyridine rings is 2. The minimum atomic E-state index is -1.00. The van der Waals surface area contributed by atoms with Crippen LogP contribution in [0.5, 0.6) is 0 Å². The van der Waals surface area contributed by atoms with Crippen molar-refractivity contribution in [2.75, 3.05) is 13.1 Å². The second-order valence-electron chi connectivity index (χ2n) is 9.54. The van der Waals surface area contributed by atoms with Crippen LogP contribution >= 0.6 is 0 Å². The lowest BCUT2D eigenvalue weighted by molar-refractivity contribution is -0.142. The van der Waals surface area contributed by atoms with Crippen LogP contribution < -0.4 is 21.7 Å². The Morgan fingerprint density at radius 2 is 1.39 bits per heavy atom. The van der Waals surface area contributed by atoms with Crippen LogP contribution in [0.1, 0.15) is 42.6 Å². The number of hydrogen-bond donors (Lipinski definition) is 5. The second-order valence-corrected chi connectivity index (χ2v) is 9.54. The molecule has 0 spiro atoms. The van der Waals surface area contributed by atoms with Gasteiger partial charge in [0.05, 0.1) is 11.4 Å². The highest BCUT2D eigenvalue weighted by Crippen LogP contribution is 2.17. The van der Waals surface area contributed by atoms with Crippen molar-refractivity contribution in [1.82, 2.24) is 25.9 Å². The molecule has 0 radical (unpaired) electrons. The number of aromatic nitrogens is 2. The van der Waals surface area contributed by atoms with Gasteiger partial charge in [0.15, 0.2) is 0 Å². The number of carbonyl (C=O) groups excluding carboxylic acids is 1. The zero-order chi connectivity index (χ0) is 29.1. The largest absolute Gasteiger partial charge is 0.480 e. The van der Waals surface area contributed by atoms with E-state index in [1.54, 1.807) is 12.4 Å². The summed E-state index contributed by atoms with van der Waals surface area (Å²) in [6, 6.07) is 25.1. The van der Waals surface area contributed by atoms with Crippen LogP contribution in [0.15, 0.2) is 91.3 Å². The first kappa shape index (κ1) is 31.3. The molecule has 0 unspecified atom stereocenters. The molecule has 0 aliphatic rings. The molecule has 1 amide bonds. The molecule has 4 aromatic rings. The molecular weight excluding hydrogens is 516 g/mol. The van der Waals surface area contributed by atoms with Gasteiger partial charge in [-0.2, -0.15) is 0 Å². The van der Waals surface area contributed by atoms with E-state index in [1.165, 1.54) is 16.3 Å². The lowest BCUT2D eigenvalue weighted by Crippen LogP contribution is -2.41. The minimum Gasteiger partial charge on any atom is -0.480 e. The Morgan fingerprint density at radius 1 is 0.780 bits per heavy atom. The Morgan fingerprint density at radius 3 is 2.00 bits per heavy atom. The Kier molecular flexibility index (Phi) is 13.9. The number of amides is 1. The average Bonchev–Trinajstić information content (AvgIpc) is 3.01. The monoisotopic (exact) mass is 556 g/mol. The van der Waals surface area contributed by atoms with Crippen molar-refractivity contribution in [2.45, 2.75) is 51.4 Å². The van der Waals surface area contributed by atoms with Crippen LogP contribution in [-0.4, -0.2) is 46.1 Å². The van der Waals surface area contributed by atoms with E-state index < -0.39 is 12.0 Å². The molecule has 4 rings (SSSR count). The molecule has 0 aliphatic heterocycles. The zero-order valence-electron chi connectivity index (χ0n) is 23.3. The average molecular weight is 557 g/mol. The van der Waals surface area contributed by atoms with E-state index in [0.717, 1.165) is 11.4 Å². The number of rotatable bonds is 15. The maximum Gasteiger partial charge on any atom is 0.326 e. The van der Waals surface area contributed by atoms with Gasteiger partial charge in [0.25, 0.3) is 0 Å². The summed E-state index contributed by atoms with van der Waals surface area (Å²) >= 11 is 0. The van der Waals surface area contributed by atoms with Gasteiger partial charge in [-0.05, 0) is 73.0 Å². The van der Waals surface area contributed by atoms with Crippen molar-refractivity contribution in [2.24, 2.45) is 5.73 Å². The van der Waals surface area contributed by atoms with Crippen molar-refractivity contribution in [1.29, 1.82) is 0 Å². The third kappa shape index (κ3) is 11.8. The molecule has 1 atom stereocenters. The van der Waals surface area contributed by atoms with E-state index in [2.05, 4.69) is 50.2 Å². The van der Waals surface area contributed by atoms with Crippen LogP contribution in [0.4, 0.5) is 0 Å². The van der Waals surface area contributed by atoms with Gasteiger partial charge in [-0.15, -0.1) is 0 Å². The molecular formula is C32H40N6O3. The van der Waals surface area contributed by atoms with Crippen molar-refractivity contribution in [3.05, 3.63) is 108 Å². The van der Waals surface area contributed by atoms with E-state index in [4.69, 9.17) is 5.73 Å². The summed E-state index contributed by atoms with van der Waals surface area (Å²) in [5.74, 6) is -1.24. The van der Waals surface area contributed by atoms with Crippen molar-refractivity contribution in [3.8, 4) is 0 Å². The number of carboxylic acids is 1. The molecule has 2 aromatic carbocycles. The van der Waals surface area contributed by atoms with Crippen LogP contribution in [0.25, 0.3) is 10.8 Å². The molecule has 216 valence electrons. The lowest BCUT2D eigenvalue weighted by atomic mass is 10.1. The fourth-order valence-corrected chi connectivity index (χ4v) is 4.24. The number of carbonyl (C=O) groups is 2. The Bertz CT molecular complexity index is 1320. The highest BCUT2D eigenvalue weighted by molar-refractivity contribution is 5.85. The van der Waals surface area contributed by atoms with E-state index in [9.17, 15) is 14.7 Å². The summed E-state index contributed by atoms with van der Waals surface area (Å²) in [5.41, 5.74) is 8.71. The topological polar surface area (TPSA) is 142 Å². The number of hydrogen-bond acceptors (Lipinski definition) is 7. The number of aliphatic carboxylic acids is 1. The number of fused-ring (bicyclic) bond motifs is 1. The zero-order valence-corrected chi connectivity index (χ0v) is 23.3. The first-order valence-corrected chi connectivity index (χ1v) is 14.0. The predicted molar refractivity (Wildman–Crippen MR) is 162 cm³/mol. The fourth-order valence-electron chi connectivity index (χ4n) is 4.24. The van der Waals surface area contributed by atoms with Crippen molar-refractivity contribution < 1.29 is 14.7 Å². The minimum absolute atomic E-state index is 0.238. The SMILES string of the molecule is NCc1cccc2ccccc12.O=C(CCCNCc1ccccn1)N[C@@H](CCCNCc1ccccn1)C(=O)O. The molecule has 0 fully saturated rings. The maximum atomic E-state index is 12.0. The molecule has 9 nitrogen and oxygen atoms in total. The first-order valence-electron chi connectivity index (χ1n) is 14.0. The predicted octanol–water partition coefficient (Wildman–Crippen LogP) is 3.78. The van der Waals surface area contributed by atoms with Crippen LogP contribution in [0, 0.1) is 0 Å². The lowest BCUT2D eigenvalue weighted by Gasteiger charge is -2.15. The van der Waals surface area contributed by atoms with Gasteiger partial charge >= 0.3 is 5.97 Å². The summed E-state index contributed by atoms with van der Waals surface area (Å²) in [6.45, 7) is 3.22. The van der Waals surface area contributed by atoms with Crippen molar-refractivity contribution >= 4 is 22.6 Å². The van der Waals surface area contributed by atoms with Gasteiger partial charge in [0, 0.05) is 38.4 Å². The van der Waals surface area contributed by atoms with Crippen LogP contribution in [-0.2, 0) is 29.2 Å². The van der Waals surface area contributed by atoms with Crippen molar-refractivity contribution in [3.63, 3.8) is 0 Å². The normalized spacial score (nSPS) is 11.3. The number of nitrogens with zero attached hydrogens (tertiary/aromatic N) is 2. The molecule has 6 N–H and O–H groups in total. The highest BCUT2D eigenvalue weighted by atomic mass is 16.4. The summed E-state index contributed by atoms with van der Waals surface area (Å²) < 4.78 is 0. The van der Waals surface area contributed by atoms with E-state index >= 15 is 0 Å². The maximum absolute atomic E-state index is 12.0. The van der Waals surface area contributed by atoms with Crippen LogP contribution in [0.3, 0.4) is 0 Å². The molecule has 2 heterocycles. The number of nitrogens with one attached hydrogen (secondary N) is 3. The standard InChI is InChI=1S/C21H29N5O3.C11H11N/c27-20(10-6-12-23-16-18-8-2-4-14-25-18)26-19(21(28)29)9-5-11-22-15-17-7-1-3-13-24-17;12-8-10-6-3-5-9-4-1-2-7-11(9)10/h1-4,7-8,13-14,19,22-23H,5-6,9-12,15-16H2,(H,26,27)(H,28,29);1-7H,8,12H2/t19-;/m0./s1. The molecule has 9 heteroatoms. The van der Waals surface area contributed by atoms with Gasteiger partial charge < -0.3 is 26.8 Å². The quantitative estimate of drug-likeness (QED) is 0.139. The van der Waals surface area contributed by atoms with Gasteiger partial charge in [-0.1, -0.05) is 54.6 Å². The highest BCUT2D eigenvalue weighted by Gasteiger charge is 2.19. The molecule has 41 heavy (non-hydrogen) atoms. The van der Waals surface area contributed by atoms with Gasteiger partial charge in [0.1, 0.15) is 6.04 Å². The third-order valence-corrected chi connectivity index (χ3v) is 6.40. The van der Waals surface area contributed by atoms with E-state index in [0.29, 0.717) is 52.0 Å². The Balaban J connectivity index is 0.000000317. The number of carboxylic acid groups (broad SMARTS) is 1. The first-order chi connectivity index (χ1) is 20.1. The number of benzene rings is 2. The molecule has 0 bridgehead atoms. The summed E-state index contributed by atoms with van der Waals surface area (Å²) in [7, 11) is 0. The molecule has 2 aromatic heterocycles. The summed E-state index contributed by atoms with van der Waals surface area (Å²) in [4.78, 5) is 31.8. The van der Waals surface area contributed by atoms with Crippen LogP contribution in [0.2, 0.25) is 0 Å². The Labute approximate surface area is 241 Å². The molecule has 0 saturated carbocycles. The van der Waals surface area contributed by atoms with Gasteiger partial charge in [0.2, 0.25) is 5.91 Å². The third-order valence-electron chi connectivity index (χ3n) is 6.40. The summed E-state index contributed by atoms with van der Waals surface area (Å²) in [6.07, 6.45) is 5.43.